The van der Waals surface area contributed by atoms with Crippen molar-refractivity contribution in [2.75, 3.05) is 0 Å². The summed E-state index contributed by atoms with van der Waals surface area (Å²) in [6, 6.07) is 4.14. The maximum absolute atomic E-state index is 9.00. The maximum Gasteiger partial charge on any atom is 0.350 e. The molecule has 1 aromatic rings. The lowest BCUT2D eigenvalue weighted by Crippen LogP contribution is -1.38. The highest BCUT2D eigenvalue weighted by molar-refractivity contribution is 14.1. The summed E-state index contributed by atoms with van der Waals surface area (Å²) in [6.45, 7) is 0. The van der Waals surface area contributed by atoms with Crippen LogP contribution in [-0.4, -0.2) is 8.12 Å². The molecule has 1 rings (SSSR count). The molecule has 0 saturated carbocycles. The summed E-state index contributed by atoms with van der Waals surface area (Å²) in [4.78, 5) is 0. The van der Waals surface area contributed by atoms with E-state index in [9.17, 15) is 0 Å². The summed E-state index contributed by atoms with van der Waals surface area (Å²) in [6.07, 6.45) is 0. The van der Waals surface area contributed by atoms with Gasteiger partial charge in [-0.2, -0.15) is 0 Å². The van der Waals surface area contributed by atoms with Crippen molar-refractivity contribution in [3.05, 3.63) is 20.4 Å². The van der Waals surface area contributed by atoms with Gasteiger partial charge in [-0.1, -0.05) is 6.07 Å². The molecule has 0 bridgehead atoms. The zero-order chi connectivity index (χ0) is 6.41. The van der Waals surface area contributed by atoms with Gasteiger partial charge in [-0.25, -0.2) is 0 Å². The Labute approximate surface area is 66.7 Å². The Morgan fingerprint density at radius 2 is 2.25 bits per heavy atom. The molecule has 0 atom stereocenters. The van der Waals surface area contributed by atoms with Crippen molar-refractivity contribution < 1.29 is 4.32 Å². The van der Waals surface area contributed by atoms with Crippen LogP contribution in [0.4, 0.5) is 4.32 Å². The van der Waals surface area contributed by atoms with Crippen molar-refractivity contribution in [1.29, 1.82) is 0 Å². The molecule has 0 aliphatic carbocycles. The van der Waals surface area contributed by atoms with Gasteiger partial charge >= 0.3 is 8.12 Å². The molecule has 0 N–H and O–H groups in total. The van der Waals surface area contributed by atoms with Gasteiger partial charge in [0, 0.05) is 0 Å². The van der Waals surface area contributed by atoms with Gasteiger partial charge in [0.2, 0.25) is 0 Å². The largest absolute Gasteiger partial charge is 0.350 e. The normalized spacial score (nSPS) is 7.25. The molecule has 0 unspecified atom stereocenters. The third kappa shape index (κ3) is 3.43. The molecular formula is C4H3BFIS. The topological polar surface area (TPSA) is 0 Å². The number of thiophene rings is 1. The third-order valence-electron chi connectivity index (χ3n) is 0.486. The van der Waals surface area contributed by atoms with Crippen LogP contribution in [0.25, 0.3) is 0 Å². The van der Waals surface area contributed by atoms with Gasteiger partial charge in [-0.05, 0) is 34.0 Å². The van der Waals surface area contributed by atoms with Crippen LogP contribution in [0.3, 0.4) is 0 Å². The number of halogens is 2. The predicted octanol–water partition coefficient (Wildman–Crippen LogP) is 2.39. The van der Waals surface area contributed by atoms with Crippen LogP contribution >= 0.6 is 33.9 Å². The van der Waals surface area contributed by atoms with Gasteiger partial charge in [0.05, 0.1) is 2.88 Å². The fourth-order valence-corrected chi connectivity index (χ4v) is 1.35. The molecule has 2 radical (unpaired) electrons. The second-order valence-corrected chi connectivity index (χ2v) is 3.76. The Balaban J connectivity index is 0.000000222. The first-order chi connectivity index (χ1) is 3.89. The van der Waals surface area contributed by atoms with Crippen LogP contribution in [0.2, 0.25) is 0 Å². The van der Waals surface area contributed by atoms with Crippen LogP contribution in [0.1, 0.15) is 0 Å². The summed E-state index contributed by atoms with van der Waals surface area (Å²) in [7, 11) is 3.00. The van der Waals surface area contributed by atoms with E-state index in [1.165, 1.54) is 2.88 Å². The molecule has 1 aromatic heterocycles. The zero-order valence-electron chi connectivity index (χ0n) is 3.97. The molecule has 0 aliphatic rings. The average Bonchev–Trinajstić information content (AvgIpc) is 2.24. The van der Waals surface area contributed by atoms with E-state index >= 15 is 0 Å². The van der Waals surface area contributed by atoms with E-state index in [4.69, 9.17) is 4.32 Å². The Morgan fingerprint density at radius 3 is 2.38 bits per heavy atom. The van der Waals surface area contributed by atoms with E-state index in [0.29, 0.717) is 0 Å². The minimum absolute atomic E-state index is 1.35. The third-order valence-corrected chi connectivity index (χ3v) is 2.26. The zero-order valence-corrected chi connectivity index (χ0v) is 6.95. The molecule has 0 nitrogen and oxygen atoms in total. The monoisotopic (exact) mass is 240 g/mol. The first-order valence-corrected chi connectivity index (χ1v) is 3.76. The number of rotatable bonds is 0. The Hall–Kier alpha value is 0.425. The minimum Gasteiger partial charge on any atom is -0.350 e. The van der Waals surface area contributed by atoms with Crippen LogP contribution in [0.15, 0.2) is 17.5 Å². The van der Waals surface area contributed by atoms with E-state index < -0.39 is 0 Å². The van der Waals surface area contributed by atoms with Crippen molar-refractivity contribution >= 4 is 42.1 Å². The standard InChI is InChI=1S/C4H3IS.BF/c5-4-2-1-3-6-4;1-2/h1-3H;. The fourth-order valence-electron chi connectivity index (χ4n) is 0.259. The summed E-state index contributed by atoms with van der Waals surface area (Å²) in [5.74, 6) is 0. The van der Waals surface area contributed by atoms with E-state index in [1.54, 1.807) is 11.3 Å². The summed E-state index contributed by atoms with van der Waals surface area (Å²) in [5, 5.41) is 2.07. The van der Waals surface area contributed by atoms with Crippen LogP contribution < -0.4 is 0 Å². The molecule has 0 aliphatic heterocycles. The first kappa shape index (κ1) is 8.42. The highest BCUT2D eigenvalue weighted by Gasteiger charge is 1.77. The smallest absolute Gasteiger partial charge is 0.350 e. The van der Waals surface area contributed by atoms with Gasteiger partial charge in [0.1, 0.15) is 0 Å². The molecule has 0 aromatic carbocycles. The highest BCUT2D eigenvalue weighted by Crippen LogP contribution is 2.09. The van der Waals surface area contributed by atoms with Crippen molar-refractivity contribution in [3.63, 3.8) is 0 Å². The fraction of sp³-hybridized carbons (Fsp3) is 0. The van der Waals surface area contributed by atoms with E-state index in [-0.39, 0.29) is 0 Å². The SMILES string of the molecule is Ic1cccs1.[B]F. The summed E-state index contributed by atoms with van der Waals surface area (Å²) in [5.41, 5.74) is 0. The van der Waals surface area contributed by atoms with E-state index in [0.717, 1.165) is 0 Å². The second kappa shape index (κ2) is 5.56. The quantitative estimate of drug-likeness (QED) is 0.482. The molecule has 1 heterocycles. The Kier molecular flexibility index (Phi) is 5.85. The van der Waals surface area contributed by atoms with Crippen LogP contribution in [0, 0.1) is 2.88 Å². The Bertz CT molecular complexity index is 120. The lowest BCUT2D eigenvalue weighted by atomic mass is 10.7. The Morgan fingerprint density at radius 1 is 1.62 bits per heavy atom. The molecule has 4 heteroatoms. The van der Waals surface area contributed by atoms with Crippen molar-refractivity contribution in [3.8, 4) is 0 Å². The maximum atomic E-state index is 9.00. The van der Waals surface area contributed by atoms with Gasteiger partial charge in [-0.3, -0.25) is 0 Å². The summed E-state index contributed by atoms with van der Waals surface area (Å²) >= 11 is 4.06. The van der Waals surface area contributed by atoms with Crippen molar-refractivity contribution in [1.82, 2.24) is 0 Å². The molecule has 0 fully saturated rings. The van der Waals surface area contributed by atoms with E-state index in [2.05, 4.69) is 42.2 Å². The van der Waals surface area contributed by atoms with Crippen molar-refractivity contribution in [2.45, 2.75) is 0 Å². The van der Waals surface area contributed by atoms with Crippen LogP contribution in [0.5, 0.6) is 0 Å². The van der Waals surface area contributed by atoms with Crippen molar-refractivity contribution in [2.24, 2.45) is 0 Å². The van der Waals surface area contributed by atoms with Crippen LogP contribution in [-0.2, 0) is 0 Å². The first-order valence-electron chi connectivity index (χ1n) is 1.80. The molecule has 0 spiro atoms. The molecule has 0 saturated heterocycles. The molecule has 0 amide bonds. The van der Waals surface area contributed by atoms with E-state index in [1.807, 2.05) is 6.07 Å². The number of hydrogen-bond donors (Lipinski definition) is 0. The highest BCUT2D eigenvalue weighted by atomic mass is 127. The number of hydrogen-bond acceptors (Lipinski definition) is 1. The molecule has 8 heavy (non-hydrogen) atoms. The lowest BCUT2D eigenvalue weighted by Gasteiger charge is -1.62. The minimum atomic E-state index is 1.35. The molecule has 42 valence electrons. The molecular weight excluding hydrogens is 237 g/mol. The lowest BCUT2D eigenvalue weighted by molar-refractivity contribution is 0.902. The predicted molar refractivity (Wildman–Crippen MR) is 43.9 cm³/mol. The van der Waals surface area contributed by atoms with Gasteiger partial charge < -0.3 is 4.32 Å². The second-order valence-electron chi connectivity index (χ2n) is 0.917. The summed E-state index contributed by atoms with van der Waals surface area (Å²) < 4.78 is 10.4. The van der Waals surface area contributed by atoms with Gasteiger partial charge in [0.25, 0.3) is 0 Å². The average molecular weight is 240 g/mol. The van der Waals surface area contributed by atoms with Gasteiger partial charge in [0.15, 0.2) is 0 Å². The van der Waals surface area contributed by atoms with Gasteiger partial charge in [-0.15, -0.1) is 11.3 Å².